The Labute approximate surface area is 232 Å². The van der Waals surface area contributed by atoms with Crippen molar-refractivity contribution in [2.75, 3.05) is 62.7 Å². The molecule has 3 aliphatic rings. The van der Waals surface area contributed by atoms with Crippen molar-refractivity contribution in [1.29, 1.82) is 0 Å². The van der Waals surface area contributed by atoms with E-state index in [1.807, 2.05) is 11.0 Å². The van der Waals surface area contributed by atoms with Crippen LogP contribution in [0.1, 0.15) is 24.1 Å². The second-order valence-corrected chi connectivity index (χ2v) is 10.7. The molecule has 1 atom stereocenters. The van der Waals surface area contributed by atoms with E-state index in [1.54, 1.807) is 17.2 Å². The van der Waals surface area contributed by atoms with Gasteiger partial charge in [0.2, 0.25) is 5.91 Å². The summed E-state index contributed by atoms with van der Waals surface area (Å²) in [6, 6.07) is 5.60. The Morgan fingerprint density at radius 2 is 2.02 bits per heavy atom. The molecule has 0 bridgehead atoms. The van der Waals surface area contributed by atoms with E-state index in [1.165, 1.54) is 12.1 Å². The lowest BCUT2D eigenvalue weighted by molar-refractivity contribution is -0.126. The standard InChI is InChI=1S/C29H34FN7O3/c1-3-24(39)35-12-14-36(15-13-35)28-21-8-11-37(27-25(30)23(38)16-19-6-4-9-31-26(19)27)17-22(21)32-29(33-28)40-18-20-7-5-10-34(20)2/h3-4,6,9,16,20,38H,1,5,7-8,10-15,17-18H2,2H3/t20-/m0/s1. The molecule has 0 aliphatic carbocycles. The van der Waals surface area contributed by atoms with Crippen LogP contribution in [0.4, 0.5) is 15.9 Å². The number of phenols is 1. The molecule has 2 saturated heterocycles. The summed E-state index contributed by atoms with van der Waals surface area (Å²) in [5.74, 6) is -0.350. The minimum absolute atomic E-state index is 0.0707. The summed E-state index contributed by atoms with van der Waals surface area (Å²) in [7, 11) is 2.10. The van der Waals surface area contributed by atoms with Gasteiger partial charge in [-0.15, -0.1) is 0 Å². The zero-order valence-electron chi connectivity index (χ0n) is 22.7. The number of pyridine rings is 1. The third kappa shape index (κ3) is 4.90. The molecule has 40 heavy (non-hydrogen) atoms. The third-order valence-electron chi connectivity index (χ3n) is 8.27. The van der Waals surface area contributed by atoms with Gasteiger partial charge in [0.25, 0.3) is 0 Å². The highest BCUT2D eigenvalue weighted by atomic mass is 19.1. The number of piperazine rings is 1. The predicted molar refractivity (Wildman–Crippen MR) is 150 cm³/mol. The number of amides is 1. The van der Waals surface area contributed by atoms with Gasteiger partial charge in [0.1, 0.15) is 18.1 Å². The number of rotatable bonds is 6. The van der Waals surface area contributed by atoms with Crippen molar-refractivity contribution in [1.82, 2.24) is 24.8 Å². The summed E-state index contributed by atoms with van der Waals surface area (Å²) in [5.41, 5.74) is 2.54. The van der Waals surface area contributed by atoms with Crippen LogP contribution in [0.15, 0.2) is 37.1 Å². The Hall–Kier alpha value is -3.99. The van der Waals surface area contributed by atoms with E-state index in [4.69, 9.17) is 14.7 Å². The van der Waals surface area contributed by atoms with Gasteiger partial charge in [-0.05, 0) is 51.1 Å². The Kier molecular flexibility index (Phi) is 7.14. The molecule has 1 aromatic carbocycles. The number of aromatic hydroxyl groups is 1. The summed E-state index contributed by atoms with van der Waals surface area (Å²) in [6.07, 6.45) is 5.77. The van der Waals surface area contributed by atoms with E-state index in [9.17, 15) is 9.90 Å². The van der Waals surface area contributed by atoms with Crippen molar-refractivity contribution >= 4 is 28.3 Å². The molecule has 5 heterocycles. The molecule has 3 aliphatic heterocycles. The number of hydrogen-bond acceptors (Lipinski definition) is 9. The molecule has 2 fully saturated rings. The Balaban J connectivity index is 1.33. The number of benzene rings is 1. The second-order valence-electron chi connectivity index (χ2n) is 10.7. The van der Waals surface area contributed by atoms with Crippen molar-refractivity contribution < 1.29 is 19.0 Å². The summed E-state index contributed by atoms with van der Waals surface area (Å²) in [4.78, 5) is 34.4. The van der Waals surface area contributed by atoms with E-state index in [0.717, 1.165) is 36.5 Å². The highest BCUT2D eigenvalue weighted by Gasteiger charge is 2.31. The first-order valence-corrected chi connectivity index (χ1v) is 13.8. The van der Waals surface area contributed by atoms with Crippen LogP contribution >= 0.6 is 0 Å². The van der Waals surface area contributed by atoms with Crippen molar-refractivity contribution in [3.8, 4) is 11.8 Å². The van der Waals surface area contributed by atoms with E-state index >= 15 is 4.39 Å². The second kappa shape index (κ2) is 10.9. The van der Waals surface area contributed by atoms with Crippen LogP contribution in [0, 0.1) is 5.82 Å². The first-order chi connectivity index (χ1) is 19.4. The van der Waals surface area contributed by atoms with E-state index in [-0.39, 0.29) is 11.6 Å². The molecular weight excluding hydrogens is 513 g/mol. The number of ether oxygens (including phenoxy) is 1. The first kappa shape index (κ1) is 26.2. The van der Waals surface area contributed by atoms with Crippen molar-refractivity contribution in [3.05, 3.63) is 54.1 Å². The Bertz CT molecular complexity index is 1440. The number of nitrogens with zero attached hydrogens (tertiary/aromatic N) is 7. The van der Waals surface area contributed by atoms with Crippen molar-refractivity contribution in [3.63, 3.8) is 0 Å². The highest BCUT2D eigenvalue weighted by Crippen LogP contribution is 2.38. The number of phenolic OH excluding ortho intramolecular Hbond substituents is 1. The number of fused-ring (bicyclic) bond motifs is 2. The van der Waals surface area contributed by atoms with Crippen LogP contribution < -0.4 is 14.5 Å². The smallest absolute Gasteiger partial charge is 0.318 e. The van der Waals surface area contributed by atoms with Gasteiger partial charge in [0.15, 0.2) is 11.6 Å². The summed E-state index contributed by atoms with van der Waals surface area (Å²) >= 11 is 0. The first-order valence-electron chi connectivity index (χ1n) is 13.8. The number of halogens is 1. The van der Waals surface area contributed by atoms with Gasteiger partial charge in [-0.1, -0.05) is 12.6 Å². The van der Waals surface area contributed by atoms with Gasteiger partial charge < -0.3 is 29.4 Å². The minimum atomic E-state index is -0.687. The molecule has 11 heteroatoms. The molecule has 10 nitrogen and oxygen atoms in total. The normalized spacial score (nSPS) is 19.6. The lowest BCUT2D eigenvalue weighted by Gasteiger charge is -2.38. The third-order valence-corrected chi connectivity index (χ3v) is 8.27. The van der Waals surface area contributed by atoms with Gasteiger partial charge in [0, 0.05) is 55.9 Å². The zero-order chi connectivity index (χ0) is 27.8. The summed E-state index contributed by atoms with van der Waals surface area (Å²) in [5, 5.41) is 11.0. The number of hydrogen-bond donors (Lipinski definition) is 1. The monoisotopic (exact) mass is 547 g/mol. The Morgan fingerprint density at radius 1 is 1.20 bits per heavy atom. The SMILES string of the molecule is C=CC(=O)N1CCN(c2nc(OC[C@@H]3CCCN3C)nc3c2CCN(c2c(F)c(O)cc4cccnc24)C3)CC1. The van der Waals surface area contributed by atoms with E-state index in [0.29, 0.717) is 75.3 Å². The van der Waals surface area contributed by atoms with Crippen molar-refractivity contribution in [2.45, 2.75) is 31.8 Å². The van der Waals surface area contributed by atoms with Gasteiger partial charge in [-0.3, -0.25) is 9.78 Å². The maximum absolute atomic E-state index is 15.4. The molecule has 6 rings (SSSR count). The Morgan fingerprint density at radius 3 is 2.77 bits per heavy atom. The van der Waals surface area contributed by atoms with Crippen LogP contribution in [0.2, 0.25) is 0 Å². The van der Waals surface area contributed by atoms with Gasteiger partial charge in [-0.2, -0.15) is 9.97 Å². The number of carbonyl (C=O) groups is 1. The number of aromatic nitrogens is 3. The molecule has 3 aromatic rings. The van der Waals surface area contributed by atoms with Gasteiger partial charge in [-0.25, -0.2) is 4.39 Å². The van der Waals surface area contributed by atoms with Crippen LogP contribution in [0.25, 0.3) is 10.9 Å². The molecule has 0 saturated carbocycles. The van der Waals surface area contributed by atoms with E-state index in [2.05, 4.69) is 28.4 Å². The topological polar surface area (TPSA) is 98.2 Å². The zero-order valence-corrected chi connectivity index (χ0v) is 22.7. The summed E-state index contributed by atoms with van der Waals surface area (Å²) in [6.45, 7) is 8.40. The summed E-state index contributed by atoms with van der Waals surface area (Å²) < 4.78 is 21.5. The maximum atomic E-state index is 15.4. The number of likely N-dealkylation sites (N-methyl/N-ethyl adjacent to an activating group) is 1. The molecule has 1 amide bonds. The average molecular weight is 548 g/mol. The van der Waals surface area contributed by atoms with Gasteiger partial charge >= 0.3 is 6.01 Å². The molecule has 0 unspecified atom stereocenters. The van der Waals surface area contributed by atoms with Crippen LogP contribution in [0.5, 0.6) is 11.8 Å². The van der Waals surface area contributed by atoms with Crippen molar-refractivity contribution in [2.24, 2.45) is 0 Å². The lowest BCUT2D eigenvalue weighted by Crippen LogP contribution is -2.49. The molecule has 210 valence electrons. The number of anilines is 2. The molecule has 1 N–H and O–H groups in total. The quantitative estimate of drug-likeness (QED) is 0.467. The van der Waals surface area contributed by atoms with E-state index < -0.39 is 11.6 Å². The fraction of sp³-hybridized carbons (Fsp3) is 0.448. The largest absolute Gasteiger partial charge is 0.505 e. The average Bonchev–Trinajstić information content (AvgIpc) is 3.40. The van der Waals surface area contributed by atoms with Crippen LogP contribution in [0.3, 0.4) is 0 Å². The number of likely N-dealkylation sites (tertiary alicyclic amines) is 1. The maximum Gasteiger partial charge on any atom is 0.318 e. The van der Waals surface area contributed by atoms with Crippen LogP contribution in [-0.4, -0.2) is 94.7 Å². The highest BCUT2D eigenvalue weighted by molar-refractivity contribution is 5.93. The minimum Gasteiger partial charge on any atom is -0.505 e. The molecular formula is C29H34FN7O3. The molecule has 0 spiro atoms. The fourth-order valence-electron chi connectivity index (χ4n) is 5.99. The fourth-order valence-corrected chi connectivity index (χ4v) is 5.99. The van der Waals surface area contributed by atoms with Crippen LogP contribution in [-0.2, 0) is 17.8 Å². The molecule has 2 aromatic heterocycles. The predicted octanol–water partition coefficient (Wildman–Crippen LogP) is 2.74. The number of carbonyl (C=O) groups excluding carboxylic acids is 1. The molecule has 0 radical (unpaired) electrons. The van der Waals surface area contributed by atoms with Gasteiger partial charge in [0.05, 0.1) is 17.8 Å². The lowest BCUT2D eigenvalue weighted by atomic mass is 10.0.